The molecule has 1 aliphatic heterocycles. The fraction of sp³-hybridized carbons (Fsp3) is 0.647. The molecule has 1 unspecified atom stereocenters. The van der Waals surface area contributed by atoms with Gasteiger partial charge in [0.15, 0.2) is 0 Å². The molecule has 1 aliphatic carbocycles. The minimum atomic E-state index is -0.0358. The average Bonchev–Trinajstić information content (AvgIpc) is 2.55. The number of nitrogens with one attached hydrogen (secondary N) is 1. The van der Waals surface area contributed by atoms with E-state index in [1.54, 1.807) is 0 Å². The summed E-state index contributed by atoms with van der Waals surface area (Å²) in [4.78, 5) is 18.6. The van der Waals surface area contributed by atoms with Crippen LogP contribution in [0.15, 0.2) is 12.3 Å². The van der Waals surface area contributed by atoms with E-state index in [1.165, 1.54) is 24.0 Å². The van der Waals surface area contributed by atoms with E-state index in [-0.39, 0.29) is 12.1 Å². The molecule has 1 aromatic rings. The average molecular weight is 302 g/mol. The van der Waals surface area contributed by atoms with E-state index in [0.717, 1.165) is 38.8 Å². The van der Waals surface area contributed by atoms with Crippen LogP contribution in [-0.4, -0.2) is 35.0 Å². The lowest BCUT2D eigenvalue weighted by molar-refractivity contribution is 0.176. The molecule has 1 fully saturated rings. The maximum Gasteiger partial charge on any atom is 0.323 e. The fourth-order valence-electron chi connectivity index (χ4n) is 3.50. The van der Waals surface area contributed by atoms with E-state index >= 15 is 0 Å². The first-order chi connectivity index (χ1) is 10.6. The number of carbonyl (C=O) groups is 1. The molecule has 1 saturated heterocycles. The number of urea groups is 1. The minimum Gasteiger partial charge on any atom is -0.328 e. The van der Waals surface area contributed by atoms with Crippen molar-refractivity contribution < 1.29 is 4.79 Å². The monoisotopic (exact) mass is 302 g/mol. The molecule has 5 nitrogen and oxygen atoms in total. The zero-order chi connectivity index (χ0) is 15.5. The Balaban J connectivity index is 1.58. The molecule has 120 valence electrons. The van der Waals surface area contributed by atoms with E-state index < -0.39 is 0 Å². The lowest BCUT2D eigenvalue weighted by Crippen LogP contribution is -2.44. The molecule has 2 aliphatic rings. The number of aryl methyl sites for hydroxylation is 2. The van der Waals surface area contributed by atoms with Crippen molar-refractivity contribution in [3.63, 3.8) is 0 Å². The maximum atomic E-state index is 12.4. The lowest BCUT2D eigenvalue weighted by Gasteiger charge is -2.33. The predicted molar refractivity (Wildman–Crippen MR) is 87.8 cm³/mol. The smallest absolute Gasteiger partial charge is 0.323 e. The van der Waals surface area contributed by atoms with Crippen molar-refractivity contribution in [2.45, 2.75) is 51.5 Å². The zero-order valence-electron chi connectivity index (χ0n) is 13.3. The van der Waals surface area contributed by atoms with Gasteiger partial charge in [0.2, 0.25) is 0 Å². The topological polar surface area (TPSA) is 71.2 Å². The summed E-state index contributed by atoms with van der Waals surface area (Å²) in [5, 5.41) is 2.95. The van der Waals surface area contributed by atoms with Crippen LogP contribution in [0.3, 0.4) is 0 Å². The first-order valence-corrected chi connectivity index (χ1v) is 8.43. The van der Waals surface area contributed by atoms with E-state index in [4.69, 9.17) is 5.73 Å². The number of carbonyl (C=O) groups excluding carboxylic acids is 1. The van der Waals surface area contributed by atoms with Gasteiger partial charge in [-0.2, -0.15) is 0 Å². The van der Waals surface area contributed by atoms with Crippen LogP contribution < -0.4 is 11.1 Å². The molecular weight excluding hydrogens is 276 g/mol. The standard InChI is InChI=1S/C17H26N4O/c1-12(18)13-6-8-21(9-7-13)17(22)20-16-10-14-4-2-3-5-15(14)11-19-16/h10-13H,2-9,18H2,1H3,(H,19,20,22). The number of anilines is 1. The second-order valence-electron chi connectivity index (χ2n) is 6.66. The summed E-state index contributed by atoms with van der Waals surface area (Å²) in [5.41, 5.74) is 8.62. The number of fused-ring (bicyclic) bond motifs is 1. The molecule has 1 aromatic heterocycles. The lowest BCUT2D eigenvalue weighted by atomic mass is 9.91. The van der Waals surface area contributed by atoms with E-state index in [0.29, 0.717) is 11.7 Å². The van der Waals surface area contributed by atoms with Crippen molar-refractivity contribution in [3.05, 3.63) is 23.4 Å². The van der Waals surface area contributed by atoms with Crippen LogP contribution in [0, 0.1) is 5.92 Å². The summed E-state index contributed by atoms with van der Waals surface area (Å²) in [5.74, 6) is 1.21. The highest BCUT2D eigenvalue weighted by Crippen LogP contribution is 2.23. The maximum absolute atomic E-state index is 12.4. The number of aromatic nitrogens is 1. The van der Waals surface area contributed by atoms with E-state index in [2.05, 4.69) is 17.2 Å². The summed E-state index contributed by atoms with van der Waals surface area (Å²) >= 11 is 0. The molecule has 0 aromatic carbocycles. The number of nitrogens with zero attached hydrogens (tertiary/aromatic N) is 2. The normalized spacial score (nSPS) is 20.4. The van der Waals surface area contributed by atoms with Gasteiger partial charge in [0.1, 0.15) is 5.82 Å². The number of piperidine rings is 1. The van der Waals surface area contributed by atoms with Crippen LogP contribution in [0.25, 0.3) is 0 Å². The van der Waals surface area contributed by atoms with Gasteiger partial charge in [-0.15, -0.1) is 0 Å². The van der Waals surface area contributed by atoms with Crippen molar-refractivity contribution in [1.29, 1.82) is 0 Å². The summed E-state index contributed by atoms with van der Waals surface area (Å²) in [6, 6.07) is 2.22. The number of nitrogens with two attached hydrogens (primary N) is 1. The van der Waals surface area contributed by atoms with Gasteiger partial charge in [0.25, 0.3) is 0 Å². The van der Waals surface area contributed by atoms with Crippen molar-refractivity contribution in [1.82, 2.24) is 9.88 Å². The van der Waals surface area contributed by atoms with Gasteiger partial charge in [-0.1, -0.05) is 0 Å². The Morgan fingerprint density at radius 2 is 2.00 bits per heavy atom. The van der Waals surface area contributed by atoms with Gasteiger partial charge in [0, 0.05) is 25.3 Å². The number of pyridine rings is 1. The molecule has 5 heteroatoms. The van der Waals surface area contributed by atoms with Gasteiger partial charge in [-0.05, 0) is 68.6 Å². The van der Waals surface area contributed by atoms with Crippen LogP contribution in [0.4, 0.5) is 10.6 Å². The van der Waals surface area contributed by atoms with Crippen LogP contribution in [-0.2, 0) is 12.8 Å². The molecule has 3 rings (SSSR count). The quantitative estimate of drug-likeness (QED) is 0.882. The highest BCUT2D eigenvalue weighted by atomic mass is 16.2. The number of likely N-dealkylation sites (tertiary alicyclic amines) is 1. The summed E-state index contributed by atoms with van der Waals surface area (Å²) in [6.07, 6.45) is 8.59. The van der Waals surface area contributed by atoms with E-state index in [9.17, 15) is 4.79 Å². The van der Waals surface area contributed by atoms with Crippen LogP contribution in [0.5, 0.6) is 0 Å². The number of hydrogen-bond acceptors (Lipinski definition) is 3. The molecule has 3 N–H and O–H groups in total. The third-order valence-corrected chi connectivity index (χ3v) is 5.03. The highest BCUT2D eigenvalue weighted by Gasteiger charge is 2.25. The minimum absolute atomic E-state index is 0.0358. The fourth-order valence-corrected chi connectivity index (χ4v) is 3.50. The summed E-state index contributed by atoms with van der Waals surface area (Å²) in [7, 11) is 0. The molecule has 1 atom stereocenters. The second-order valence-corrected chi connectivity index (χ2v) is 6.66. The Hall–Kier alpha value is -1.62. The SMILES string of the molecule is CC(N)C1CCN(C(=O)Nc2cc3c(cn2)CCCC3)CC1. The molecule has 2 amide bonds. The molecular formula is C17H26N4O. The molecule has 2 heterocycles. The van der Waals surface area contributed by atoms with Crippen molar-refractivity contribution in [2.24, 2.45) is 11.7 Å². The summed E-state index contributed by atoms with van der Waals surface area (Å²) < 4.78 is 0. The van der Waals surface area contributed by atoms with Gasteiger partial charge >= 0.3 is 6.03 Å². The Morgan fingerprint density at radius 1 is 1.32 bits per heavy atom. The van der Waals surface area contributed by atoms with E-state index in [1.807, 2.05) is 17.2 Å². The molecule has 22 heavy (non-hydrogen) atoms. The molecule has 0 radical (unpaired) electrons. The molecule has 0 bridgehead atoms. The van der Waals surface area contributed by atoms with Gasteiger partial charge < -0.3 is 10.6 Å². The third kappa shape index (κ3) is 3.40. The Morgan fingerprint density at radius 3 is 2.68 bits per heavy atom. The Kier molecular flexibility index (Phi) is 4.62. The third-order valence-electron chi connectivity index (χ3n) is 5.03. The number of rotatable bonds is 2. The molecule has 0 spiro atoms. The number of hydrogen-bond donors (Lipinski definition) is 2. The number of amides is 2. The first kappa shape index (κ1) is 15.3. The van der Waals surface area contributed by atoms with Gasteiger partial charge in [-0.25, -0.2) is 9.78 Å². The van der Waals surface area contributed by atoms with Crippen molar-refractivity contribution in [2.75, 3.05) is 18.4 Å². The summed E-state index contributed by atoms with van der Waals surface area (Å²) in [6.45, 7) is 3.61. The molecule has 0 saturated carbocycles. The second kappa shape index (κ2) is 6.65. The predicted octanol–water partition coefficient (Wildman–Crippen LogP) is 2.55. The van der Waals surface area contributed by atoms with Gasteiger partial charge in [0.05, 0.1) is 0 Å². The van der Waals surface area contributed by atoms with Crippen molar-refractivity contribution in [3.8, 4) is 0 Å². The van der Waals surface area contributed by atoms with Crippen molar-refractivity contribution >= 4 is 11.8 Å². The Bertz CT molecular complexity index is 535. The van der Waals surface area contributed by atoms with Crippen LogP contribution in [0.2, 0.25) is 0 Å². The zero-order valence-corrected chi connectivity index (χ0v) is 13.3. The highest BCUT2D eigenvalue weighted by molar-refractivity contribution is 5.88. The van der Waals surface area contributed by atoms with Gasteiger partial charge in [-0.3, -0.25) is 5.32 Å². The largest absolute Gasteiger partial charge is 0.328 e. The van der Waals surface area contributed by atoms with Crippen LogP contribution in [0.1, 0.15) is 43.7 Å². The van der Waals surface area contributed by atoms with Crippen LogP contribution >= 0.6 is 0 Å². The Labute approximate surface area is 132 Å². The first-order valence-electron chi connectivity index (χ1n) is 8.43.